The van der Waals surface area contributed by atoms with Crippen molar-refractivity contribution in [1.29, 1.82) is 5.26 Å². The van der Waals surface area contributed by atoms with Gasteiger partial charge in [0.2, 0.25) is 0 Å². The molecule has 1 aromatic heterocycles. The number of piperidine rings is 1. The zero-order valence-electron chi connectivity index (χ0n) is 16.3. The van der Waals surface area contributed by atoms with Crippen molar-refractivity contribution in [3.63, 3.8) is 0 Å². The smallest absolute Gasteiger partial charge is 0.159 e. The van der Waals surface area contributed by atoms with E-state index < -0.39 is 0 Å². The number of nitriles is 1. The van der Waals surface area contributed by atoms with Gasteiger partial charge in [-0.15, -0.1) is 5.10 Å². The highest BCUT2D eigenvalue weighted by atomic mass is 16.5. The molecule has 0 bridgehead atoms. The van der Waals surface area contributed by atoms with E-state index in [-0.39, 0.29) is 6.10 Å². The molecule has 2 aromatic carbocycles. The first-order valence-corrected chi connectivity index (χ1v) is 9.64. The van der Waals surface area contributed by atoms with Crippen LogP contribution in [0.4, 0.5) is 11.5 Å². The molecule has 0 aliphatic carbocycles. The lowest BCUT2D eigenvalue weighted by atomic mass is 9.99. The number of nitrogens with two attached hydrogens (primary N) is 1. The first-order chi connectivity index (χ1) is 14.1. The Hall–Kier alpha value is -3.37. The Morgan fingerprint density at radius 2 is 1.90 bits per heavy atom. The molecule has 3 N–H and O–H groups in total. The zero-order chi connectivity index (χ0) is 20.4. The minimum absolute atomic E-state index is 0.268. The average molecular weight is 389 g/mol. The van der Waals surface area contributed by atoms with E-state index in [1.807, 2.05) is 30.3 Å². The highest BCUT2D eigenvalue weighted by Gasteiger charge is 2.23. The molecule has 7 heteroatoms. The summed E-state index contributed by atoms with van der Waals surface area (Å²) in [5, 5.41) is 29.9. The summed E-state index contributed by atoms with van der Waals surface area (Å²) in [5.41, 5.74) is 9.03. The van der Waals surface area contributed by atoms with Crippen LogP contribution in [0.5, 0.6) is 5.75 Å². The summed E-state index contributed by atoms with van der Waals surface area (Å²) in [6.07, 6.45) is 1.67. The molecule has 0 spiro atoms. The summed E-state index contributed by atoms with van der Waals surface area (Å²) in [6, 6.07) is 13.6. The molecule has 0 saturated carbocycles. The minimum atomic E-state index is -0.268. The highest BCUT2D eigenvalue weighted by molar-refractivity contribution is 6.02. The number of aromatic nitrogens is 2. The lowest BCUT2D eigenvalue weighted by Crippen LogP contribution is -2.36. The molecule has 148 valence electrons. The summed E-state index contributed by atoms with van der Waals surface area (Å²) >= 11 is 0. The summed E-state index contributed by atoms with van der Waals surface area (Å²) < 4.78 is 5.22. The molecule has 7 nitrogen and oxygen atoms in total. The molecule has 0 unspecified atom stereocenters. The SMILES string of the molecule is COc1ccc(Cc2nnc(N3CCC(O)CC3)c3ccc(C#N)c(N)c23)cc1. The zero-order valence-corrected chi connectivity index (χ0v) is 16.3. The third-order valence-corrected chi connectivity index (χ3v) is 5.46. The summed E-state index contributed by atoms with van der Waals surface area (Å²) in [5.74, 6) is 1.54. The normalized spacial score (nSPS) is 14.7. The Labute approximate surface area is 169 Å². The fourth-order valence-corrected chi connectivity index (χ4v) is 3.80. The van der Waals surface area contributed by atoms with Crippen LogP contribution in [0.25, 0.3) is 10.8 Å². The Kier molecular flexibility index (Phi) is 5.19. The van der Waals surface area contributed by atoms with Gasteiger partial charge in [-0.25, -0.2) is 0 Å². The van der Waals surface area contributed by atoms with Crippen molar-refractivity contribution in [2.75, 3.05) is 30.8 Å². The van der Waals surface area contributed by atoms with Crippen LogP contribution in [0.1, 0.15) is 29.7 Å². The maximum absolute atomic E-state index is 9.82. The predicted molar refractivity (Wildman–Crippen MR) is 112 cm³/mol. The van der Waals surface area contributed by atoms with Crippen LogP contribution in [-0.4, -0.2) is 41.6 Å². The van der Waals surface area contributed by atoms with E-state index >= 15 is 0 Å². The number of benzene rings is 2. The number of fused-ring (bicyclic) bond motifs is 1. The first-order valence-electron chi connectivity index (χ1n) is 9.64. The molecule has 2 heterocycles. The van der Waals surface area contributed by atoms with Crippen molar-refractivity contribution in [3.8, 4) is 11.8 Å². The van der Waals surface area contributed by atoms with E-state index in [1.54, 1.807) is 13.2 Å². The van der Waals surface area contributed by atoms with Crippen LogP contribution < -0.4 is 15.4 Å². The molecule has 4 rings (SSSR count). The van der Waals surface area contributed by atoms with Crippen LogP contribution in [-0.2, 0) is 6.42 Å². The van der Waals surface area contributed by atoms with E-state index in [2.05, 4.69) is 21.2 Å². The van der Waals surface area contributed by atoms with Gasteiger partial charge in [0, 0.05) is 30.3 Å². The number of rotatable bonds is 4. The lowest BCUT2D eigenvalue weighted by molar-refractivity contribution is 0.145. The van der Waals surface area contributed by atoms with E-state index in [1.165, 1.54) is 0 Å². The third-order valence-electron chi connectivity index (χ3n) is 5.46. The molecule has 0 atom stereocenters. The topological polar surface area (TPSA) is 108 Å². The number of methoxy groups -OCH3 is 1. The van der Waals surface area contributed by atoms with Crippen molar-refractivity contribution < 1.29 is 9.84 Å². The number of aliphatic hydroxyl groups excluding tert-OH is 1. The fourth-order valence-electron chi connectivity index (χ4n) is 3.80. The molecule has 3 aromatic rings. The maximum Gasteiger partial charge on any atom is 0.159 e. The van der Waals surface area contributed by atoms with E-state index in [0.717, 1.165) is 33.6 Å². The molecule has 0 amide bonds. The van der Waals surface area contributed by atoms with E-state index in [0.29, 0.717) is 43.6 Å². The van der Waals surface area contributed by atoms with Gasteiger partial charge in [0.15, 0.2) is 5.82 Å². The van der Waals surface area contributed by atoms with E-state index in [4.69, 9.17) is 10.5 Å². The Balaban J connectivity index is 1.80. The number of nitrogens with zero attached hydrogens (tertiary/aromatic N) is 4. The van der Waals surface area contributed by atoms with Gasteiger partial charge in [-0.3, -0.25) is 0 Å². The summed E-state index contributed by atoms with van der Waals surface area (Å²) in [6.45, 7) is 1.42. The van der Waals surface area contributed by atoms with Crippen LogP contribution in [0.3, 0.4) is 0 Å². The number of aliphatic hydroxyl groups is 1. The fraction of sp³-hybridized carbons (Fsp3) is 0.318. The van der Waals surface area contributed by atoms with Crippen LogP contribution >= 0.6 is 0 Å². The largest absolute Gasteiger partial charge is 0.497 e. The van der Waals surface area contributed by atoms with Crippen molar-refractivity contribution >= 4 is 22.3 Å². The standard InChI is InChI=1S/C22H23N5O2/c1-29-17-5-2-14(3-6-17)12-19-20-18(7-4-15(13-23)21(20)24)22(26-25-19)27-10-8-16(28)9-11-27/h2-7,16,28H,8-12,24H2,1H3. The van der Waals surface area contributed by atoms with Gasteiger partial charge >= 0.3 is 0 Å². The molecule has 0 radical (unpaired) electrons. The van der Waals surface area contributed by atoms with Crippen LogP contribution in [0.2, 0.25) is 0 Å². The molecule has 1 fully saturated rings. The maximum atomic E-state index is 9.82. The first kappa shape index (κ1) is 19.0. The summed E-state index contributed by atoms with van der Waals surface area (Å²) in [4.78, 5) is 2.13. The van der Waals surface area contributed by atoms with Crippen molar-refractivity contribution in [2.45, 2.75) is 25.4 Å². The number of hydrogen-bond donors (Lipinski definition) is 2. The Morgan fingerprint density at radius 1 is 1.17 bits per heavy atom. The van der Waals surface area contributed by atoms with Gasteiger partial charge in [-0.1, -0.05) is 12.1 Å². The van der Waals surface area contributed by atoms with Gasteiger partial charge in [0.25, 0.3) is 0 Å². The monoisotopic (exact) mass is 389 g/mol. The summed E-state index contributed by atoms with van der Waals surface area (Å²) in [7, 11) is 1.64. The van der Waals surface area contributed by atoms with Crippen molar-refractivity contribution in [2.24, 2.45) is 0 Å². The lowest BCUT2D eigenvalue weighted by Gasteiger charge is -2.31. The van der Waals surface area contributed by atoms with Crippen molar-refractivity contribution in [3.05, 3.63) is 53.2 Å². The minimum Gasteiger partial charge on any atom is -0.497 e. The van der Waals surface area contributed by atoms with Gasteiger partial charge < -0.3 is 20.5 Å². The Morgan fingerprint density at radius 3 is 2.55 bits per heavy atom. The van der Waals surface area contributed by atoms with Crippen LogP contribution in [0, 0.1) is 11.3 Å². The quantitative estimate of drug-likeness (QED) is 0.660. The average Bonchev–Trinajstić information content (AvgIpc) is 2.75. The number of ether oxygens (including phenoxy) is 1. The molecule has 1 saturated heterocycles. The van der Waals surface area contributed by atoms with Gasteiger partial charge in [-0.2, -0.15) is 10.4 Å². The van der Waals surface area contributed by atoms with Gasteiger partial charge in [0.05, 0.1) is 30.2 Å². The van der Waals surface area contributed by atoms with Crippen molar-refractivity contribution in [1.82, 2.24) is 10.2 Å². The second-order valence-corrected chi connectivity index (χ2v) is 7.27. The predicted octanol–water partition coefficient (Wildman–Crippen LogP) is 2.64. The molecule has 1 aliphatic rings. The third kappa shape index (κ3) is 3.67. The number of anilines is 2. The second-order valence-electron chi connectivity index (χ2n) is 7.27. The van der Waals surface area contributed by atoms with E-state index in [9.17, 15) is 10.4 Å². The van der Waals surface area contributed by atoms with Crippen LogP contribution in [0.15, 0.2) is 36.4 Å². The molecule has 1 aliphatic heterocycles. The Bertz CT molecular complexity index is 1070. The van der Waals surface area contributed by atoms with Gasteiger partial charge in [-0.05, 0) is 42.7 Å². The second kappa shape index (κ2) is 7.94. The van der Waals surface area contributed by atoms with Gasteiger partial charge in [0.1, 0.15) is 11.8 Å². The molecule has 29 heavy (non-hydrogen) atoms. The highest BCUT2D eigenvalue weighted by Crippen LogP contribution is 2.34. The number of nitrogen functional groups attached to an aromatic ring is 1. The molecular weight excluding hydrogens is 366 g/mol. The molecular formula is C22H23N5O2. The number of hydrogen-bond acceptors (Lipinski definition) is 7.